The van der Waals surface area contributed by atoms with E-state index < -0.39 is 5.41 Å². The van der Waals surface area contributed by atoms with Crippen molar-refractivity contribution in [3.8, 4) is 5.75 Å². The highest BCUT2D eigenvalue weighted by Gasteiger charge is 2.35. The van der Waals surface area contributed by atoms with Crippen LogP contribution in [0.5, 0.6) is 5.75 Å². The summed E-state index contributed by atoms with van der Waals surface area (Å²) in [6.45, 7) is 5.43. The number of likely N-dealkylation sites (tertiary alicyclic amines) is 1. The van der Waals surface area contributed by atoms with Crippen molar-refractivity contribution in [1.29, 1.82) is 0 Å². The van der Waals surface area contributed by atoms with Crippen LogP contribution in [0.15, 0.2) is 24.3 Å². The van der Waals surface area contributed by atoms with Crippen molar-refractivity contribution in [3.63, 3.8) is 0 Å². The van der Waals surface area contributed by atoms with E-state index in [0.29, 0.717) is 13.0 Å². The fourth-order valence-corrected chi connectivity index (χ4v) is 2.80. The zero-order valence-corrected chi connectivity index (χ0v) is 13.8. The van der Waals surface area contributed by atoms with Gasteiger partial charge in [-0.1, -0.05) is 32.0 Å². The molecule has 0 bridgehead atoms. The van der Waals surface area contributed by atoms with Gasteiger partial charge in [0.25, 0.3) is 0 Å². The van der Waals surface area contributed by atoms with Gasteiger partial charge in [0.1, 0.15) is 5.75 Å². The van der Waals surface area contributed by atoms with Crippen molar-refractivity contribution in [2.24, 2.45) is 11.1 Å². The summed E-state index contributed by atoms with van der Waals surface area (Å²) in [7, 11) is 1.66. The lowest BCUT2D eigenvalue weighted by molar-refractivity contribution is -0.139. The number of amides is 1. The van der Waals surface area contributed by atoms with E-state index in [1.165, 1.54) is 0 Å². The van der Waals surface area contributed by atoms with Gasteiger partial charge in [-0.15, -0.1) is 12.4 Å². The highest BCUT2D eigenvalue weighted by molar-refractivity contribution is 5.85. The molecule has 1 saturated heterocycles. The summed E-state index contributed by atoms with van der Waals surface area (Å²) in [6, 6.07) is 7.99. The molecule has 0 aliphatic carbocycles. The Labute approximate surface area is 133 Å². The number of halogens is 1. The Balaban J connectivity index is 0.00000220. The summed E-state index contributed by atoms with van der Waals surface area (Å²) < 4.78 is 5.37. The molecule has 21 heavy (non-hydrogen) atoms. The first kappa shape index (κ1) is 17.8. The highest BCUT2D eigenvalue weighted by Crippen LogP contribution is 2.30. The van der Waals surface area contributed by atoms with Crippen LogP contribution in [0.3, 0.4) is 0 Å². The summed E-state index contributed by atoms with van der Waals surface area (Å²) in [5, 5.41) is 0. The van der Waals surface area contributed by atoms with Crippen LogP contribution in [0.25, 0.3) is 0 Å². The second kappa shape index (κ2) is 7.14. The van der Waals surface area contributed by atoms with Crippen molar-refractivity contribution in [1.82, 2.24) is 4.90 Å². The average molecular weight is 313 g/mol. The lowest BCUT2D eigenvalue weighted by atomic mass is 9.84. The Kier molecular flexibility index (Phi) is 6.05. The monoisotopic (exact) mass is 312 g/mol. The number of hydrogen-bond donors (Lipinski definition) is 1. The molecule has 0 radical (unpaired) electrons. The van der Waals surface area contributed by atoms with Gasteiger partial charge in [0.2, 0.25) is 5.91 Å². The van der Waals surface area contributed by atoms with Gasteiger partial charge in [-0.2, -0.15) is 0 Å². The quantitative estimate of drug-likeness (QED) is 0.927. The molecule has 1 aromatic carbocycles. The molecule has 1 aliphatic rings. The predicted molar refractivity (Wildman–Crippen MR) is 86.9 cm³/mol. The van der Waals surface area contributed by atoms with Crippen molar-refractivity contribution in [2.75, 3.05) is 20.2 Å². The van der Waals surface area contributed by atoms with Gasteiger partial charge in [0.15, 0.2) is 0 Å². The Hall–Kier alpha value is -1.26. The molecule has 0 saturated carbocycles. The fourth-order valence-electron chi connectivity index (χ4n) is 2.80. The van der Waals surface area contributed by atoms with Gasteiger partial charge in [-0.3, -0.25) is 4.79 Å². The molecule has 1 atom stereocenters. The smallest absolute Gasteiger partial charge is 0.228 e. The van der Waals surface area contributed by atoms with E-state index >= 15 is 0 Å². The van der Waals surface area contributed by atoms with Crippen molar-refractivity contribution < 1.29 is 9.53 Å². The molecule has 1 aromatic rings. The number of methoxy groups -OCH3 is 1. The zero-order valence-electron chi connectivity index (χ0n) is 13.0. The lowest BCUT2D eigenvalue weighted by Crippen LogP contribution is -2.41. The zero-order chi connectivity index (χ0) is 14.8. The third-order valence-corrected chi connectivity index (χ3v) is 3.92. The largest absolute Gasteiger partial charge is 0.496 e. The number of hydrogen-bond acceptors (Lipinski definition) is 3. The van der Waals surface area contributed by atoms with E-state index in [1.807, 2.05) is 43.0 Å². The molecule has 1 heterocycles. The van der Waals surface area contributed by atoms with Gasteiger partial charge in [-0.25, -0.2) is 0 Å². The SMILES string of the molecule is COc1ccccc1CC(C)(C)C(=O)N1CC[C@@H](N)C1.Cl. The minimum atomic E-state index is -0.446. The molecule has 4 nitrogen and oxygen atoms in total. The minimum Gasteiger partial charge on any atom is -0.496 e. The molecule has 0 unspecified atom stereocenters. The third-order valence-electron chi connectivity index (χ3n) is 3.92. The van der Waals surface area contributed by atoms with Crippen LogP contribution in [0.2, 0.25) is 0 Å². The number of para-hydroxylation sites is 1. The van der Waals surface area contributed by atoms with E-state index in [-0.39, 0.29) is 24.4 Å². The standard InChI is InChI=1S/C16H24N2O2.ClH/c1-16(2,15(19)18-9-8-13(17)11-18)10-12-6-4-5-7-14(12)20-3;/h4-7,13H,8-11,17H2,1-3H3;1H/t13-;/m1./s1. The van der Waals surface area contributed by atoms with Crippen molar-refractivity contribution >= 4 is 18.3 Å². The number of rotatable bonds is 4. The second-order valence-corrected chi connectivity index (χ2v) is 6.17. The van der Waals surface area contributed by atoms with Crippen LogP contribution in [0.4, 0.5) is 0 Å². The molecule has 5 heteroatoms. The maximum Gasteiger partial charge on any atom is 0.228 e. The molecule has 2 rings (SSSR count). The fraction of sp³-hybridized carbons (Fsp3) is 0.562. The minimum absolute atomic E-state index is 0. The van der Waals surface area contributed by atoms with Crippen molar-refractivity contribution in [2.45, 2.75) is 32.7 Å². The molecule has 2 N–H and O–H groups in total. The maximum absolute atomic E-state index is 12.6. The first-order valence-electron chi connectivity index (χ1n) is 7.11. The topological polar surface area (TPSA) is 55.6 Å². The Bertz CT molecular complexity index is 491. The van der Waals surface area contributed by atoms with E-state index in [9.17, 15) is 4.79 Å². The molecular weight excluding hydrogens is 288 g/mol. The summed E-state index contributed by atoms with van der Waals surface area (Å²) >= 11 is 0. The number of nitrogens with zero attached hydrogens (tertiary/aromatic N) is 1. The van der Waals surface area contributed by atoms with Gasteiger partial charge in [0.05, 0.1) is 7.11 Å². The van der Waals surface area contributed by atoms with Crippen LogP contribution in [0, 0.1) is 5.41 Å². The van der Waals surface area contributed by atoms with Gasteiger partial charge in [-0.05, 0) is 24.5 Å². The summed E-state index contributed by atoms with van der Waals surface area (Å²) in [5.41, 5.74) is 6.51. The van der Waals surface area contributed by atoms with Gasteiger partial charge < -0.3 is 15.4 Å². The number of nitrogens with two attached hydrogens (primary N) is 1. The number of carbonyl (C=O) groups is 1. The Morgan fingerprint density at radius 2 is 2.10 bits per heavy atom. The number of benzene rings is 1. The van der Waals surface area contributed by atoms with E-state index in [2.05, 4.69) is 0 Å². The average Bonchev–Trinajstić information content (AvgIpc) is 2.84. The maximum atomic E-state index is 12.6. The Morgan fingerprint density at radius 3 is 2.67 bits per heavy atom. The molecule has 118 valence electrons. The second-order valence-electron chi connectivity index (χ2n) is 6.17. The molecule has 1 aliphatic heterocycles. The van der Waals surface area contributed by atoms with E-state index in [0.717, 1.165) is 24.3 Å². The first-order valence-corrected chi connectivity index (χ1v) is 7.11. The van der Waals surface area contributed by atoms with E-state index in [4.69, 9.17) is 10.5 Å². The number of ether oxygens (including phenoxy) is 1. The lowest BCUT2D eigenvalue weighted by Gasteiger charge is -2.29. The van der Waals surface area contributed by atoms with Gasteiger partial charge >= 0.3 is 0 Å². The molecule has 0 spiro atoms. The van der Waals surface area contributed by atoms with Crippen LogP contribution >= 0.6 is 12.4 Å². The van der Waals surface area contributed by atoms with Crippen LogP contribution in [0.1, 0.15) is 25.8 Å². The predicted octanol–water partition coefficient (Wildman–Crippen LogP) is 2.25. The third kappa shape index (κ3) is 4.11. The van der Waals surface area contributed by atoms with E-state index in [1.54, 1.807) is 7.11 Å². The molecule has 0 aromatic heterocycles. The summed E-state index contributed by atoms with van der Waals surface area (Å²) in [6.07, 6.45) is 1.57. The molecule has 1 amide bonds. The summed E-state index contributed by atoms with van der Waals surface area (Å²) in [5.74, 6) is 1.02. The first-order chi connectivity index (χ1) is 9.44. The Morgan fingerprint density at radius 1 is 1.43 bits per heavy atom. The molecular formula is C16H25ClN2O2. The molecule has 1 fully saturated rings. The summed E-state index contributed by atoms with van der Waals surface area (Å²) in [4.78, 5) is 14.5. The van der Waals surface area contributed by atoms with Crippen molar-refractivity contribution in [3.05, 3.63) is 29.8 Å². The van der Waals surface area contributed by atoms with Crippen LogP contribution in [-0.2, 0) is 11.2 Å². The highest BCUT2D eigenvalue weighted by atomic mass is 35.5. The normalized spacial score (nSPS) is 18.3. The van der Waals surface area contributed by atoms with Crippen LogP contribution < -0.4 is 10.5 Å². The van der Waals surface area contributed by atoms with Crippen LogP contribution in [-0.4, -0.2) is 37.0 Å². The van der Waals surface area contributed by atoms with Gasteiger partial charge in [0, 0.05) is 24.5 Å². The number of carbonyl (C=O) groups excluding carboxylic acids is 1.